The highest BCUT2D eigenvalue weighted by molar-refractivity contribution is 6.33. The fourth-order valence-corrected chi connectivity index (χ4v) is 3.37. The zero-order chi connectivity index (χ0) is 17.3. The minimum Gasteiger partial charge on any atom is -0.337 e. The van der Waals surface area contributed by atoms with Crippen LogP contribution < -0.4 is 5.32 Å². The van der Waals surface area contributed by atoms with Crippen molar-refractivity contribution in [3.05, 3.63) is 40.3 Å². The highest BCUT2D eigenvalue weighted by Gasteiger charge is 2.28. The smallest absolute Gasteiger partial charge is 0.274 e. The highest BCUT2D eigenvalue weighted by atomic mass is 35.5. The molecule has 0 bridgehead atoms. The molecular weight excluding hydrogens is 326 g/mol. The number of hydrogen-bond acceptors (Lipinski definition) is 4. The number of aryl methyl sites for hydroxylation is 2. The zero-order valence-electron chi connectivity index (χ0n) is 14.2. The van der Waals surface area contributed by atoms with E-state index in [1.54, 1.807) is 16.8 Å². The van der Waals surface area contributed by atoms with Crippen molar-refractivity contribution >= 4 is 17.5 Å². The second-order valence-electron chi connectivity index (χ2n) is 6.30. The average Bonchev–Trinajstić information content (AvgIpc) is 3.14. The lowest BCUT2D eigenvalue weighted by Crippen LogP contribution is -2.31. The molecule has 1 N–H and O–H groups in total. The van der Waals surface area contributed by atoms with Gasteiger partial charge in [0.05, 0.1) is 10.7 Å². The van der Waals surface area contributed by atoms with Crippen LogP contribution in [0.3, 0.4) is 0 Å². The SMILES string of the molecule is CNC[C@@H]1CCN(C(=O)c2nc(-n3nc(C)cc3C)ccc2Cl)C1. The Morgan fingerprint density at radius 2 is 2.21 bits per heavy atom. The molecule has 0 radical (unpaired) electrons. The molecule has 6 nitrogen and oxygen atoms in total. The van der Waals surface area contributed by atoms with Crippen molar-refractivity contribution in [3.63, 3.8) is 0 Å². The Morgan fingerprint density at radius 3 is 2.88 bits per heavy atom. The van der Waals surface area contributed by atoms with Crippen molar-refractivity contribution in [1.29, 1.82) is 0 Å². The van der Waals surface area contributed by atoms with E-state index >= 15 is 0 Å². The van der Waals surface area contributed by atoms with E-state index in [2.05, 4.69) is 15.4 Å². The molecule has 2 aromatic heterocycles. The first-order valence-electron chi connectivity index (χ1n) is 8.13. The normalized spacial score (nSPS) is 17.5. The molecule has 0 unspecified atom stereocenters. The van der Waals surface area contributed by atoms with Crippen LogP contribution in [-0.2, 0) is 0 Å². The number of rotatable bonds is 4. The van der Waals surface area contributed by atoms with Gasteiger partial charge in [0.15, 0.2) is 5.82 Å². The Bertz CT molecular complexity index is 757. The third-order valence-electron chi connectivity index (χ3n) is 4.33. The maximum atomic E-state index is 12.8. The molecule has 1 amide bonds. The maximum Gasteiger partial charge on any atom is 0.274 e. The fraction of sp³-hybridized carbons (Fsp3) is 0.471. The molecule has 0 aromatic carbocycles. The molecule has 0 saturated carbocycles. The van der Waals surface area contributed by atoms with Crippen molar-refractivity contribution < 1.29 is 4.79 Å². The van der Waals surface area contributed by atoms with Gasteiger partial charge in [0.1, 0.15) is 5.69 Å². The van der Waals surface area contributed by atoms with Gasteiger partial charge < -0.3 is 10.2 Å². The van der Waals surface area contributed by atoms with Crippen molar-refractivity contribution in [2.75, 3.05) is 26.7 Å². The van der Waals surface area contributed by atoms with Crippen LogP contribution in [0.1, 0.15) is 28.3 Å². The van der Waals surface area contributed by atoms with Gasteiger partial charge >= 0.3 is 0 Å². The minimum absolute atomic E-state index is 0.109. The molecular formula is C17H22ClN5O. The van der Waals surface area contributed by atoms with Gasteiger partial charge in [-0.2, -0.15) is 5.10 Å². The lowest BCUT2D eigenvalue weighted by molar-refractivity contribution is 0.0781. The molecule has 1 fully saturated rings. The maximum absolute atomic E-state index is 12.8. The Morgan fingerprint density at radius 1 is 1.42 bits per heavy atom. The number of halogens is 1. The lowest BCUT2D eigenvalue weighted by atomic mass is 10.1. The quantitative estimate of drug-likeness (QED) is 0.921. The molecule has 1 aliphatic rings. The Balaban J connectivity index is 1.87. The summed E-state index contributed by atoms with van der Waals surface area (Å²) in [6.07, 6.45) is 1.00. The van der Waals surface area contributed by atoms with Gasteiger partial charge in [-0.3, -0.25) is 4.79 Å². The van der Waals surface area contributed by atoms with Crippen LogP contribution >= 0.6 is 11.6 Å². The molecule has 3 heterocycles. The van der Waals surface area contributed by atoms with E-state index in [1.807, 2.05) is 31.9 Å². The first kappa shape index (κ1) is 16.9. The van der Waals surface area contributed by atoms with Crippen molar-refractivity contribution in [1.82, 2.24) is 25.0 Å². The molecule has 1 aliphatic heterocycles. The van der Waals surface area contributed by atoms with E-state index in [0.29, 0.717) is 22.5 Å². The van der Waals surface area contributed by atoms with Crippen molar-refractivity contribution in [3.8, 4) is 5.82 Å². The summed E-state index contributed by atoms with van der Waals surface area (Å²) in [6.45, 7) is 6.28. The number of carbonyl (C=O) groups is 1. The molecule has 7 heteroatoms. The first-order valence-corrected chi connectivity index (χ1v) is 8.51. The van der Waals surface area contributed by atoms with Gasteiger partial charge in [0.2, 0.25) is 0 Å². The summed E-state index contributed by atoms with van der Waals surface area (Å²) in [7, 11) is 1.93. The molecule has 2 aromatic rings. The van der Waals surface area contributed by atoms with Crippen LogP contribution in [-0.4, -0.2) is 52.3 Å². The van der Waals surface area contributed by atoms with Crippen LogP contribution in [0.4, 0.5) is 0 Å². The third-order valence-corrected chi connectivity index (χ3v) is 4.63. The van der Waals surface area contributed by atoms with Crippen LogP contribution in [0, 0.1) is 19.8 Å². The number of likely N-dealkylation sites (tertiary alicyclic amines) is 1. The Labute approximate surface area is 146 Å². The predicted molar refractivity (Wildman–Crippen MR) is 93.8 cm³/mol. The van der Waals surface area contributed by atoms with Gasteiger partial charge in [-0.1, -0.05) is 11.6 Å². The van der Waals surface area contributed by atoms with E-state index in [1.165, 1.54) is 0 Å². The second kappa shape index (κ2) is 6.91. The van der Waals surface area contributed by atoms with Gasteiger partial charge in [0, 0.05) is 18.8 Å². The summed E-state index contributed by atoms with van der Waals surface area (Å²) in [5.74, 6) is 0.984. The van der Waals surface area contributed by atoms with Crippen LogP contribution in [0.2, 0.25) is 5.02 Å². The number of nitrogens with one attached hydrogen (secondary N) is 1. The minimum atomic E-state index is -0.109. The van der Waals surface area contributed by atoms with Crippen molar-refractivity contribution in [2.45, 2.75) is 20.3 Å². The topological polar surface area (TPSA) is 63.1 Å². The standard InChI is InChI=1S/C17H22ClN5O/c1-11-8-12(2)23(21-11)15-5-4-14(18)16(20-15)17(24)22-7-6-13(10-22)9-19-3/h4-5,8,13,19H,6-7,9-10H2,1-3H3/t13-/m0/s1. The number of aromatic nitrogens is 3. The van der Waals surface area contributed by atoms with Crippen LogP contribution in [0.25, 0.3) is 5.82 Å². The number of hydrogen-bond donors (Lipinski definition) is 1. The van der Waals surface area contributed by atoms with Gasteiger partial charge in [-0.05, 0) is 58.0 Å². The van der Waals surface area contributed by atoms with E-state index in [4.69, 9.17) is 11.6 Å². The lowest BCUT2D eigenvalue weighted by Gasteiger charge is -2.17. The molecule has 1 saturated heterocycles. The first-order chi connectivity index (χ1) is 11.5. The molecule has 0 aliphatic carbocycles. The van der Waals surface area contributed by atoms with E-state index in [0.717, 1.165) is 37.4 Å². The van der Waals surface area contributed by atoms with E-state index < -0.39 is 0 Å². The number of pyridine rings is 1. The van der Waals surface area contributed by atoms with Crippen LogP contribution in [0.15, 0.2) is 18.2 Å². The summed E-state index contributed by atoms with van der Waals surface area (Å²) >= 11 is 6.25. The largest absolute Gasteiger partial charge is 0.337 e. The van der Waals surface area contributed by atoms with Gasteiger partial charge in [-0.15, -0.1) is 0 Å². The van der Waals surface area contributed by atoms with Gasteiger partial charge in [0.25, 0.3) is 5.91 Å². The number of nitrogens with zero attached hydrogens (tertiary/aromatic N) is 4. The van der Waals surface area contributed by atoms with E-state index in [-0.39, 0.29) is 5.91 Å². The summed E-state index contributed by atoms with van der Waals surface area (Å²) < 4.78 is 1.73. The number of amides is 1. The average molecular weight is 348 g/mol. The fourth-order valence-electron chi connectivity index (χ4n) is 3.18. The van der Waals surface area contributed by atoms with Crippen LogP contribution in [0.5, 0.6) is 0 Å². The predicted octanol–water partition coefficient (Wildman–Crippen LogP) is 2.22. The molecule has 24 heavy (non-hydrogen) atoms. The Hall–Kier alpha value is -1.92. The molecule has 1 atom stereocenters. The molecule has 128 valence electrons. The summed E-state index contributed by atoms with van der Waals surface area (Å²) in [6, 6.07) is 5.47. The van der Waals surface area contributed by atoms with Crippen molar-refractivity contribution in [2.24, 2.45) is 5.92 Å². The zero-order valence-corrected chi connectivity index (χ0v) is 15.0. The summed E-state index contributed by atoms with van der Waals surface area (Å²) in [5.41, 5.74) is 2.18. The highest BCUT2D eigenvalue weighted by Crippen LogP contribution is 2.23. The van der Waals surface area contributed by atoms with E-state index in [9.17, 15) is 4.79 Å². The Kier molecular flexibility index (Phi) is 4.87. The number of carbonyl (C=O) groups excluding carboxylic acids is 1. The second-order valence-corrected chi connectivity index (χ2v) is 6.71. The molecule has 3 rings (SSSR count). The molecule has 0 spiro atoms. The summed E-state index contributed by atoms with van der Waals surface area (Å²) in [5, 5.41) is 7.97. The monoisotopic (exact) mass is 347 g/mol. The summed E-state index contributed by atoms with van der Waals surface area (Å²) in [4.78, 5) is 19.1. The van der Waals surface area contributed by atoms with Gasteiger partial charge in [-0.25, -0.2) is 9.67 Å². The third kappa shape index (κ3) is 3.30.